The van der Waals surface area contributed by atoms with E-state index in [-0.39, 0.29) is 23.0 Å². The van der Waals surface area contributed by atoms with Crippen LogP contribution in [-0.2, 0) is 14.4 Å². The maximum absolute atomic E-state index is 12.9. The van der Waals surface area contributed by atoms with E-state index in [0.717, 1.165) is 19.4 Å². The molecular weight excluding hydrogens is 316 g/mol. The fraction of sp³-hybridized carbons (Fsp3) is 0.850. The molecule has 5 nitrogen and oxygen atoms in total. The minimum atomic E-state index is -0.628. The number of esters is 1. The lowest BCUT2D eigenvalue weighted by atomic mass is 9.82. The van der Waals surface area contributed by atoms with Crippen LogP contribution in [0.1, 0.15) is 67.7 Å². The van der Waals surface area contributed by atoms with E-state index >= 15 is 0 Å². The van der Waals surface area contributed by atoms with Crippen LogP contribution in [0, 0.1) is 5.92 Å². The van der Waals surface area contributed by atoms with Crippen molar-refractivity contribution in [2.24, 2.45) is 5.92 Å². The molecule has 2 atom stereocenters. The van der Waals surface area contributed by atoms with Gasteiger partial charge in [-0.15, -0.1) is 0 Å². The van der Waals surface area contributed by atoms with E-state index in [0.29, 0.717) is 0 Å². The first-order valence-electron chi connectivity index (χ1n) is 9.40. The van der Waals surface area contributed by atoms with Gasteiger partial charge in [0.15, 0.2) is 6.10 Å². The van der Waals surface area contributed by atoms with Crippen LogP contribution in [0.5, 0.6) is 0 Å². The second-order valence-corrected chi connectivity index (χ2v) is 9.78. The molecule has 25 heavy (non-hydrogen) atoms. The smallest absolute Gasteiger partial charge is 0.338 e. The molecule has 1 saturated heterocycles. The molecule has 2 aliphatic rings. The highest BCUT2D eigenvalue weighted by molar-refractivity contribution is 5.76. The summed E-state index contributed by atoms with van der Waals surface area (Å²) < 4.78 is 5.68. The summed E-state index contributed by atoms with van der Waals surface area (Å²) in [4.78, 5) is 21.4. The SMILES string of the molecule is CN1C=CC(C(ON2C(C)(C)CCCC2(C)C)C(=O)OC(C)(C)C)C1. The molecule has 2 rings (SSSR count). The predicted molar refractivity (Wildman–Crippen MR) is 99.8 cm³/mol. The van der Waals surface area contributed by atoms with Crippen LogP contribution in [0.3, 0.4) is 0 Å². The number of carbonyl (C=O) groups excluding carboxylic acids is 1. The monoisotopic (exact) mass is 352 g/mol. The van der Waals surface area contributed by atoms with Gasteiger partial charge >= 0.3 is 5.97 Å². The maximum Gasteiger partial charge on any atom is 0.338 e. The molecule has 2 heterocycles. The first-order valence-corrected chi connectivity index (χ1v) is 9.40. The average Bonchev–Trinajstić information content (AvgIpc) is 2.81. The zero-order valence-corrected chi connectivity index (χ0v) is 17.3. The second kappa shape index (κ2) is 6.92. The Morgan fingerprint density at radius 2 is 1.72 bits per heavy atom. The molecule has 2 unspecified atom stereocenters. The standard InChI is InChI=1S/C20H36N2O3/c1-18(2,3)24-17(23)16(15-10-13-21(8)14-15)25-22-19(4,5)11-9-12-20(22,6)7/h10,13,15-16H,9,11-12,14H2,1-8H3. The molecule has 0 aromatic heterocycles. The van der Waals surface area contributed by atoms with E-state index in [1.54, 1.807) is 0 Å². The van der Waals surface area contributed by atoms with Crippen LogP contribution in [0.2, 0.25) is 0 Å². The molecule has 0 saturated carbocycles. The highest BCUT2D eigenvalue weighted by Crippen LogP contribution is 2.40. The number of carbonyl (C=O) groups is 1. The number of piperidine rings is 1. The highest BCUT2D eigenvalue weighted by atomic mass is 16.7. The van der Waals surface area contributed by atoms with Gasteiger partial charge in [-0.25, -0.2) is 4.79 Å². The first kappa shape index (κ1) is 20.2. The van der Waals surface area contributed by atoms with Crippen LogP contribution in [0.15, 0.2) is 12.3 Å². The van der Waals surface area contributed by atoms with E-state index in [9.17, 15) is 4.79 Å². The molecule has 5 heteroatoms. The highest BCUT2D eigenvalue weighted by Gasteiger charge is 2.46. The second-order valence-electron chi connectivity index (χ2n) is 9.78. The van der Waals surface area contributed by atoms with Gasteiger partial charge in [0, 0.05) is 30.6 Å². The summed E-state index contributed by atoms with van der Waals surface area (Å²) in [6, 6.07) is 0. The summed E-state index contributed by atoms with van der Waals surface area (Å²) in [5.74, 6) is -0.289. The molecular formula is C20H36N2O3. The molecule has 0 aromatic rings. The summed E-state index contributed by atoms with van der Waals surface area (Å²) in [6.45, 7) is 15.2. The van der Waals surface area contributed by atoms with Crippen LogP contribution in [0.4, 0.5) is 0 Å². The van der Waals surface area contributed by atoms with Crippen molar-refractivity contribution >= 4 is 5.97 Å². The maximum atomic E-state index is 12.9. The molecule has 2 aliphatic heterocycles. The van der Waals surface area contributed by atoms with E-state index in [2.05, 4.69) is 43.7 Å². The Labute approximate surface area is 153 Å². The molecule has 0 aliphatic carbocycles. The molecule has 0 radical (unpaired) electrons. The quantitative estimate of drug-likeness (QED) is 0.721. The van der Waals surface area contributed by atoms with Gasteiger partial charge in [-0.05, 0) is 73.9 Å². The Morgan fingerprint density at radius 1 is 1.16 bits per heavy atom. The molecule has 0 N–H and O–H groups in total. The summed E-state index contributed by atoms with van der Waals surface area (Å²) in [5, 5.41) is 2.06. The number of hydrogen-bond donors (Lipinski definition) is 0. The van der Waals surface area contributed by atoms with Crippen molar-refractivity contribution in [1.82, 2.24) is 9.96 Å². The number of ether oxygens (including phenoxy) is 1. The Bertz CT molecular complexity index is 504. The van der Waals surface area contributed by atoms with Gasteiger partial charge in [0.1, 0.15) is 5.60 Å². The molecule has 0 aromatic carbocycles. The van der Waals surface area contributed by atoms with E-state index < -0.39 is 11.7 Å². The number of hydroxylamine groups is 2. The van der Waals surface area contributed by atoms with Gasteiger partial charge in [-0.2, -0.15) is 5.06 Å². The average molecular weight is 353 g/mol. The number of rotatable bonds is 4. The zero-order chi connectivity index (χ0) is 19.0. The fourth-order valence-electron chi connectivity index (χ4n) is 3.94. The predicted octanol–water partition coefficient (Wildman–Crippen LogP) is 3.75. The van der Waals surface area contributed by atoms with Gasteiger partial charge in [0.25, 0.3) is 0 Å². The molecule has 0 amide bonds. The minimum Gasteiger partial charge on any atom is -0.458 e. The Hall–Kier alpha value is -1.07. The van der Waals surface area contributed by atoms with Crippen LogP contribution >= 0.6 is 0 Å². The molecule has 1 fully saturated rings. The lowest BCUT2D eigenvalue weighted by Gasteiger charge is -2.52. The Morgan fingerprint density at radius 3 is 2.16 bits per heavy atom. The Kier molecular flexibility index (Phi) is 5.60. The third-order valence-electron chi connectivity index (χ3n) is 5.01. The third-order valence-corrected chi connectivity index (χ3v) is 5.01. The molecule has 0 spiro atoms. The summed E-state index contributed by atoms with van der Waals surface area (Å²) >= 11 is 0. The molecule has 0 bridgehead atoms. The van der Waals surface area contributed by atoms with Gasteiger partial charge < -0.3 is 9.64 Å². The van der Waals surface area contributed by atoms with Crippen molar-refractivity contribution < 1.29 is 14.4 Å². The van der Waals surface area contributed by atoms with E-state index in [1.165, 1.54) is 6.42 Å². The van der Waals surface area contributed by atoms with Crippen molar-refractivity contribution in [3.8, 4) is 0 Å². The van der Waals surface area contributed by atoms with Crippen LogP contribution in [0.25, 0.3) is 0 Å². The van der Waals surface area contributed by atoms with Gasteiger partial charge in [0.05, 0.1) is 0 Å². The van der Waals surface area contributed by atoms with E-state index in [1.807, 2.05) is 34.0 Å². The van der Waals surface area contributed by atoms with Crippen molar-refractivity contribution in [2.45, 2.75) is 90.5 Å². The number of hydrogen-bond acceptors (Lipinski definition) is 5. The Balaban J connectivity index is 2.25. The zero-order valence-electron chi connectivity index (χ0n) is 17.3. The summed E-state index contributed by atoms with van der Waals surface area (Å²) in [6.07, 6.45) is 6.71. The van der Waals surface area contributed by atoms with Crippen molar-refractivity contribution in [3.63, 3.8) is 0 Å². The normalized spacial score (nSPS) is 27.4. The first-order chi connectivity index (χ1) is 11.3. The lowest BCUT2D eigenvalue weighted by Crippen LogP contribution is -2.60. The van der Waals surface area contributed by atoms with Crippen molar-refractivity contribution in [3.05, 3.63) is 12.3 Å². The van der Waals surface area contributed by atoms with E-state index in [4.69, 9.17) is 9.57 Å². The largest absolute Gasteiger partial charge is 0.458 e. The summed E-state index contributed by atoms with van der Waals surface area (Å²) in [5.41, 5.74) is -0.758. The summed E-state index contributed by atoms with van der Waals surface area (Å²) in [7, 11) is 2.01. The van der Waals surface area contributed by atoms with Crippen LogP contribution < -0.4 is 0 Å². The number of nitrogens with zero attached hydrogens (tertiary/aromatic N) is 2. The van der Waals surface area contributed by atoms with Gasteiger partial charge in [-0.3, -0.25) is 4.84 Å². The lowest BCUT2D eigenvalue weighted by molar-refractivity contribution is -0.309. The van der Waals surface area contributed by atoms with Gasteiger partial charge in [0.2, 0.25) is 0 Å². The fourth-order valence-corrected chi connectivity index (χ4v) is 3.94. The van der Waals surface area contributed by atoms with Crippen LogP contribution in [-0.4, -0.2) is 52.3 Å². The topological polar surface area (TPSA) is 42.0 Å². The van der Waals surface area contributed by atoms with Crippen molar-refractivity contribution in [2.75, 3.05) is 13.6 Å². The minimum absolute atomic E-state index is 0.00613. The third kappa shape index (κ3) is 4.98. The molecule has 144 valence electrons. The van der Waals surface area contributed by atoms with Gasteiger partial charge in [-0.1, -0.05) is 6.08 Å². The van der Waals surface area contributed by atoms with Crippen molar-refractivity contribution in [1.29, 1.82) is 0 Å².